The molecule has 0 bridgehead atoms. The highest BCUT2D eigenvalue weighted by Gasteiger charge is 2.26. The third-order valence-corrected chi connectivity index (χ3v) is 4.62. The van der Waals surface area contributed by atoms with Gasteiger partial charge in [0.15, 0.2) is 0 Å². The van der Waals surface area contributed by atoms with Crippen LogP contribution in [0.15, 0.2) is 12.1 Å². The van der Waals surface area contributed by atoms with E-state index in [2.05, 4.69) is 27.4 Å². The van der Waals surface area contributed by atoms with E-state index in [0.717, 1.165) is 32.7 Å². The molecule has 1 atom stereocenters. The van der Waals surface area contributed by atoms with Gasteiger partial charge in [0.1, 0.15) is 11.4 Å². The molecule has 1 heterocycles. The van der Waals surface area contributed by atoms with Gasteiger partial charge < -0.3 is 25.2 Å². The van der Waals surface area contributed by atoms with Gasteiger partial charge >= 0.3 is 0 Å². The summed E-state index contributed by atoms with van der Waals surface area (Å²) in [6, 6.07) is 2.67. The summed E-state index contributed by atoms with van der Waals surface area (Å²) >= 11 is 0. The molecule has 2 rings (SSSR count). The number of likely N-dealkylation sites (N-methyl/N-ethyl adjacent to an activating group) is 2. The monoisotopic (exact) mass is 365 g/mol. The van der Waals surface area contributed by atoms with Crippen LogP contribution >= 0.6 is 0 Å². The second-order valence-electron chi connectivity index (χ2n) is 6.40. The van der Waals surface area contributed by atoms with E-state index in [1.54, 1.807) is 7.05 Å². The topological polar surface area (TPSA) is 100.0 Å². The van der Waals surface area contributed by atoms with E-state index < -0.39 is 4.92 Å². The van der Waals surface area contributed by atoms with Crippen molar-refractivity contribution < 1.29 is 14.5 Å². The van der Waals surface area contributed by atoms with E-state index in [4.69, 9.17) is 4.74 Å². The number of nitro groups is 1. The van der Waals surface area contributed by atoms with E-state index in [0.29, 0.717) is 11.4 Å². The smallest absolute Gasteiger partial charge is 0.293 e. The first kappa shape index (κ1) is 19.9. The molecule has 1 aromatic carbocycles. The lowest BCUT2D eigenvalue weighted by atomic mass is 10.1. The Morgan fingerprint density at radius 3 is 2.69 bits per heavy atom. The van der Waals surface area contributed by atoms with Crippen molar-refractivity contribution in [2.45, 2.75) is 13.0 Å². The van der Waals surface area contributed by atoms with Gasteiger partial charge in [-0.3, -0.25) is 14.9 Å². The number of amides is 1. The molecule has 1 aliphatic rings. The molecule has 0 radical (unpaired) electrons. The summed E-state index contributed by atoms with van der Waals surface area (Å²) in [5, 5.41) is 17.1. The highest BCUT2D eigenvalue weighted by molar-refractivity contribution is 5.99. The van der Waals surface area contributed by atoms with Crippen LogP contribution in [0.1, 0.15) is 17.3 Å². The Bertz CT molecular complexity index is 667. The first-order chi connectivity index (χ1) is 12.4. The predicted molar refractivity (Wildman–Crippen MR) is 100 cm³/mol. The molecule has 1 fully saturated rings. The summed E-state index contributed by atoms with van der Waals surface area (Å²) in [6.45, 7) is 6.35. The van der Waals surface area contributed by atoms with E-state index in [9.17, 15) is 14.9 Å². The zero-order valence-corrected chi connectivity index (χ0v) is 15.7. The third-order valence-electron chi connectivity index (χ3n) is 4.62. The second kappa shape index (κ2) is 8.81. The molecule has 1 saturated heterocycles. The van der Waals surface area contributed by atoms with Crippen molar-refractivity contribution in [1.29, 1.82) is 0 Å². The van der Waals surface area contributed by atoms with Crippen LogP contribution in [0.4, 0.5) is 11.4 Å². The van der Waals surface area contributed by atoms with Crippen molar-refractivity contribution in [3.05, 3.63) is 27.8 Å². The van der Waals surface area contributed by atoms with E-state index in [1.165, 1.54) is 19.2 Å². The fourth-order valence-corrected chi connectivity index (χ4v) is 3.15. The number of rotatable bonds is 6. The van der Waals surface area contributed by atoms with Crippen LogP contribution < -0.4 is 15.4 Å². The third kappa shape index (κ3) is 4.61. The number of hydrogen-bond donors (Lipinski definition) is 2. The molecule has 0 aliphatic carbocycles. The normalized spacial score (nSPS) is 18.8. The number of anilines is 1. The van der Waals surface area contributed by atoms with Crippen molar-refractivity contribution in [1.82, 2.24) is 15.1 Å². The Balaban J connectivity index is 2.27. The minimum Gasteiger partial charge on any atom is -0.496 e. The Hall–Kier alpha value is -2.39. The number of hydrogen-bond acceptors (Lipinski definition) is 7. The van der Waals surface area contributed by atoms with Crippen LogP contribution in [-0.2, 0) is 0 Å². The highest BCUT2D eigenvalue weighted by atomic mass is 16.6. The summed E-state index contributed by atoms with van der Waals surface area (Å²) in [7, 11) is 5.04. The Labute approximate surface area is 153 Å². The van der Waals surface area contributed by atoms with Gasteiger partial charge in [-0.05, 0) is 13.6 Å². The van der Waals surface area contributed by atoms with Gasteiger partial charge in [0.2, 0.25) is 0 Å². The lowest BCUT2D eigenvalue weighted by molar-refractivity contribution is -0.384. The molecular weight excluding hydrogens is 338 g/mol. The molecule has 0 spiro atoms. The summed E-state index contributed by atoms with van der Waals surface area (Å²) in [4.78, 5) is 28.0. The van der Waals surface area contributed by atoms with Crippen molar-refractivity contribution in [3.8, 4) is 5.75 Å². The second-order valence-corrected chi connectivity index (χ2v) is 6.40. The molecule has 1 aromatic rings. The molecule has 9 heteroatoms. The molecule has 2 N–H and O–H groups in total. The molecule has 0 aromatic heterocycles. The zero-order valence-electron chi connectivity index (χ0n) is 15.7. The zero-order chi connectivity index (χ0) is 19.3. The number of ether oxygens (including phenoxy) is 1. The molecule has 1 amide bonds. The number of nitro benzene ring substituents is 1. The molecule has 1 unspecified atom stereocenters. The highest BCUT2D eigenvalue weighted by Crippen LogP contribution is 2.32. The van der Waals surface area contributed by atoms with E-state index >= 15 is 0 Å². The van der Waals surface area contributed by atoms with Crippen LogP contribution in [0, 0.1) is 10.1 Å². The maximum Gasteiger partial charge on any atom is 0.293 e. The largest absolute Gasteiger partial charge is 0.496 e. The lowest BCUT2D eigenvalue weighted by Gasteiger charge is -2.24. The number of nitrogens with zero attached hydrogens (tertiary/aromatic N) is 3. The SMILES string of the molecule is CCN1CCN(C)CC(NC(=O)c2cc([N+](=O)[O-])c(NC)cc2OC)C1. The number of benzene rings is 1. The first-order valence-corrected chi connectivity index (χ1v) is 8.65. The van der Waals surface area contributed by atoms with Gasteiger partial charge in [0, 0.05) is 45.4 Å². The maximum atomic E-state index is 12.8. The van der Waals surface area contributed by atoms with E-state index in [1.807, 2.05) is 7.05 Å². The molecule has 144 valence electrons. The van der Waals surface area contributed by atoms with Crippen LogP contribution in [-0.4, -0.2) is 80.6 Å². The summed E-state index contributed by atoms with van der Waals surface area (Å²) in [5.41, 5.74) is 0.300. The summed E-state index contributed by atoms with van der Waals surface area (Å²) in [6.07, 6.45) is 0. The molecule has 1 aliphatic heterocycles. The molecule has 26 heavy (non-hydrogen) atoms. The molecule has 9 nitrogen and oxygen atoms in total. The summed E-state index contributed by atoms with van der Waals surface area (Å²) in [5.74, 6) is -0.0734. The Morgan fingerprint density at radius 1 is 1.38 bits per heavy atom. The van der Waals surface area contributed by atoms with Gasteiger partial charge in [-0.2, -0.15) is 0 Å². The minimum atomic E-state index is -0.514. The lowest BCUT2D eigenvalue weighted by Crippen LogP contribution is -2.46. The number of carbonyl (C=O) groups is 1. The fourth-order valence-electron chi connectivity index (χ4n) is 3.15. The maximum absolute atomic E-state index is 12.8. The van der Waals surface area contributed by atoms with Crippen LogP contribution in [0.5, 0.6) is 5.75 Å². The Kier molecular flexibility index (Phi) is 6.76. The molecule has 0 saturated carbocycles. The minimum absolute atomic E-state index is 0.0670. The van der Waals surface area contributed by atoms with E-state index in [-0.39, 0.29) is 23.2 Å². The van der Waals surface area contributed by atoms with Crippen LogP contribution in [0.25, 0.3) is 0 Å². The van der Waals surface area contributed by atoms with Gasteiger partial charge in [-0.1, -0.05) is 6.92 Å². The number of nitrogens with one attached hydrogen (secondary N) is 2. The average molecular weight is 365 g/mol. The molecular formula is C17H27N5O4. The van der Waals surface area contributed by atoms with Crippen LogP contribution in [0.3, 0.4) is 0 Å². The van der Waals surface area contributed by atoms with Gasteiger partial charge in [-0.15, -0.1) is 0 Å². The van der Waals surface area contributed by atoms with Crippen molar-refractivity contribution in [2.75, 3.05) is 59.2 Å². The standard InChI is InChI=1S/C17H27N5O4/c1-5-21-7-6-20(3)10-12(11-21)19-17(23)13-8-15(22(24)25)14(18-2)9-16(13)26-4/h8-9,12,18H,5-7,10-11H2,1-4H3,(H,19,23). The average Bonchev–Trinajstić information content (AvgIpc) is 2.80. The van der Waals surface area contributed by atoms with Crippen molar-refractivity contribution in [3.63, 3.8) is 0 Å². The van der Waals surface area contributed by atoms with Gasteiger partial charge in [0.05, 0.1) is 23.6 Å². The fraction of sp³-hybridized carbons (Fsp3) is 0.588. The van der Waals surface area contributed by atoms with Gasteiger partial charge in [0.25, 0.3) is 11.6 Å². The first-order valence-electron chi connectivity index (χ1n) is 8.65. The predicted octanol–water partition coefficient (Wildman–Crippen LogP) is 1.01. The number of methoxy groups -OCH3 is 1. The number of carbonyl (C=O) groups excluding carboxylic acids is 1. The van der Waals surface area contributed by atoms with Crippen molar-refractivity contribution >= 4 is 17.3 Å². The summed E-state index contributed by atoms with van der Waals surface area (Å²) < 4.78 is 5.28. The quantitative estimate of drug-likeness (QED) is 0.573. The van der Waals surface area contributed by atoms with Gasteiger partial charge in [-0.25, -0.2) is 0 Å². The Morgan fingerprint density at radius 2 is 2.12 bits per heavy atom. The van der Waals surface area contributed by atoms with Crippen molar-refractivity contribution in [2.24, 2.45) is 0 Å². The van der Waals surface area contributed by atoms with Crippen LogP contribution in [0.2, 0.25) is 0 Å².